The number of aromatic nitrogens is 1. The lowest BCUT2D eigenvalue weighted by atomic mass is 10.0. The number of aliphatic hydroxyl groups is 1. The van der Waals surface area contributed by atoms with E-state index in [1.54, 1.807) is 12.4 Å². The van der Waals surface area contributed by atoms with Crippen LogP contribution in [0.5, 0.6) is 0 Å². The molecule has 2 aromatic rings. The summed E-state index contributed by atoms with van der Waals surface area (Å²) in [7, 11) is 0. The molecule has 0 aliphatic rings. The molecule has 0 saturated heterocycles. The highest BCUT2D eigenvalue weighted by molar-refractivity contribution is 6.31. The second-order valence-electron chi connectivity index (χ2n) is 3.60. The lowest BCUT2D eigenvalue weighted by Crippen LogP contribution is -2.02. The molecule has 0 fully saturated rings. The van der Waals surface area contributed by atoms with Crippen molar-refractivity contribution in [2.45, 2.75) is 12.5 Å². The molecular weight excluding hydrogens is 222 g/mol. The number of aliphatic hydroxyl groups excluding tert-OH is 1. The predicted octanol–water partition coefficient (Wildman–Crippen LogP) is 3.01. The van der Waals surface area contributed by atoms with Crippen LogP contribution in [-0.2, 0) is 6.42 Å². The second-order valence-corrected chi connectivity index (χ2v) is 4.00. The smallest absolute Gasteiger partial charge is 0.0845 e. The summed E-state index contributed by atoms with van der Waals surface area (Å²) < 4.78 is 0. The van der Waals surface area contributed by atoms with Gasteiger partial charge >= 0.3 is 0 Å². The molecule has 1 unspecified atom stereocenters. The predicted molar refractivity (Wildman–Crippen MR) is 64.4 cm³/mol. The average Bonchev–Trinajstić information content (AvgIpc) is 2.33. The van der Waals surface area contributed by atoms with Gasteiger partial charge in [0, 0.05) is 23.8 Å². The summed E-state index contributed by atoms with van der Waals surface area (Å²) in [5.41, 5.74) is 1.75. The molecule has 0 aliphatic heterocycles. The molecule has 0 amide bonds. The fraction of sp³-hybridized carbons (Fsp3) is 0.154. The molecule has 0 saturated carbocycles. The molecule has 2 rings (SSSR count). The van der Waals surface area contributed by atoms with Crippen molar-refractivity contribution in [2.75, 3.05) is 0 Å². The molecule has 1 N–H and O–H groups in total. The largest absolute Gasteiger partial charge is 0.388 e. The Bertz CT molecular complexity index is 458. The van der Waals surface area contributed by atoms with Crippen LogP contribution in [0.15, 0.2) is 48.8 Å². The standard InChI is InChI=1S/C13H12ClNO/c14-12-6-2-1-4-10(12)8-13(16)11-5-3-7-15-9-11/h1-7,9,13,16H,8H2. The van der Waals surface area contributed by atoms with Gasteiger partial charge in [0.2, 0.25) is 0 Å². The monoisotopic (exact) mass is 233 g/mol. The highest BCUT2D eigenvalue weighted by atomic mass is 35.5. The molecule has 16 heavy (non-hydrogen) atoms. The Morgan fingerprint density at radius 2 is 2.00 bits per heavy atom. The van der Waals surface area contributed by atoms with Gasteiger partial charge in [0.15, 0.2) is 0 Å². The van der Waals surface area contributed by atoms with E-state index in [0.717, 1.165) is 11.1 Å². The van der Waals surface area contributed by atoms with Gasteiger partial charge in [-0.2, -0.15) is 0 Å². The molecule has 0 radical (unpaired) electrons. The number of hydrogen-bond acceptors (Lipinski definition) is 2. The second kappa shape index (κ2) is 5.10. The third kappa shape index (κ3) is 2.60. The van der Waals surface area contributed by atoms with E-state index in [-0.39, 0.29) is 0 Å². The minimum atomic E-state index is -0.561. The van der Waals surface area contributed by atoms with E-state index in [0.29, 0.717) is 11.4 Å². The van der Waals surface area contributed by atoms with Crippen LogP contribution in [0.3, 0.4) is 0 Å². The van der Waals surface area contributed by atoms with Crippen molar-refractivity contribution in [3.63, 3.8) is 0 Å². The van der Waals surface area contributed by atoms with Gasteiger partial charge in [-0.05, 0) is 23.3 Å². The Morgan fingerprint density at radius 3 is 2.69 bits per heavy atom. The van der Waals surface area contributed by atoms with E-state index in [1.165, 1.54) is 0 Å². The lowest BCUT2D eigenvalue weighted by molar-refractivity contribution is 0.178. The van der Waals surface area contributed by atoms with Gasteiger partial charge in [0.25, 0.3) is 0 Å². The maximum Gasteiger partial charge on any atom is 0.0845 e. The summed E-state index contributed by atoms with van der Waals surface area (Å²) in [5, 5.41) is 10.7. The van der Waals surface area contributed by atoms with Crippen LogP contribution in [0, 0.1) is 0 Å². The molecular formula is C13H12ClNO. The molecule has 0 bridgehead atoms. The topological polar surface area (TPSA) is 33.1 Å². The van der Waals surface area contributed by atoms with E-state index in [4.69, 9.17) is 11.6 Å². The zero-order valence-electron chi connectivity index (χ0n) is 8.68. The van der Waals surface area contributed by atoms with Crippen LogP contribution in [0.4, 0.5) is 0 Å². The Hall–Kier alpha value is -1.38. The highest BCUT2D eigenvalue weighted by Gasteiger charge is 2.10. The maximum absolute atomic E-state index is 10.00. The van der Waals surface area contributed by atoms with Crippen LogP contribution < -0.4 is 0 Å². The number of halogens is 1. The van der Waals surface area contributed by atoms with Crippen LogP contribution in [0.25, 0.3) is 0 Å². The Morgan fingerprint density at radius 1 is 1.19 bits per heavy atom. The van der Waals surface area contributed by atoms with Gasteiger partial charge in [-0.25, -0.2) is 0 Å². The van der Waals surface area contributed by atoms with E-state index < -0.39 is 6.10 Å². The van der Waals surface area contributed by atoms with E-state index in [1.807, 2.05) is 36.4 Å². The van der Waals surface area contributed by atoms with Gasteiger partial charge in [0.05, 0.1) is 6.10 Å². The molecule has 82 valence electrons. The molecule has 1 aromatic carbocycles. The molecule has 3 heteroatoms. The Balaban J connectivity index is 2.14. The number of hydrogen-bond donors (Lipinski definition) is 1. The third-order valence-corrected chi connectivity index (χ3v) is 2.81. The van der Waals surface area contributed by atoms with Crippen molar-refractivity contribution in [1.29, 1.82) is 0 Å². The molecule has 1 atom stereocenters. The van der Waals surface area contributed by atoms with Crippen molar-refractivity contribution in [2.24, 2.45) is 0 Å². The first kappa shape index (κ1) is 11.1. The first-order chi connectivity index (χ1) is 7.77. The summed E-state index contributed by atoms with van der Waals surface area (Å²) in [5.74, 6) is 0. The Labute approximate surface area is 99.5 Å². The summed E-state index contributed by atoms with van der Waals surface area (Å²) in [4.78, 5) is 3.98. The molecule has 1 heterocycles. The fourth-order valence-corrected chi connectivity index (χ4v) is 1.78. The van der Waals surface area contributed by atoms with Crippen molar-refractivity contribution in [1.82, 2.24) is 4.98 Å². The minimum absolute atomic E-state index is 0.505. The first-order valence-corrected chi connectivity index (χ1v) is 5.46. The fourth-order valence-electron chi connectivity index (χ4n) is 1.56. The van der Waals surface area contributed by atoms with Crippen LogP contribution >= 0.6 is 11.6 Å². The molecule has 1 aromatic heterocycles. The number of rotatable bonds is 3. The molecule has 0 aliphatic carbocycles. The zero-order valence-corrected chi connectivity index (χ0v) is 9.43. The van der Waals surface area contributed by atoms with Crippen LogP contribution in [-0.4, -0.2) is 10.1 Å². The first-order valence-electron chi connectivity index (χ1n) is 5.09. The maximum atomic E-state index is 10.00. The van der Waals surface area contributed by atoms with Crippen LogP contribution in [0.1, 0.15) is 17.2 Å². The van der Waals surface area contributed by atoms with E-state index >= 15 is 0 Å². The summed E-state index contributed by atoms with van der Waals surface area (Å²) in [6.07, 6.45) is 3.30. The van der Waals surface area contributed by atoms with Crippen molar-refractivity contribution < 1.29 is 5.11 Å². The Kier molecular flexibility index (Phi) is 3.54. The average molecular weight is 234 g/mol. The van der Waals surface area contributed by atoms with Gasteiger partial charge in [-0.1, -0.05) is 35.9 Å². The molecule has 2 nitrogen and oxygen atoms in total. The van der Waals surface area contributed by atoms with Crippen molar-refractivity contribution in [3.8, 4) is 0 Å². The minimum Gasteiger partial charge on any atom is -0.388 e. The van der Waals surface area contributed by atoms with Crippen molar-refractivity contribution >= 4 is 11.6 Å². The van der Waals surface area contributed by atoms with Crippen LogP contribution in [0.2, 0.25) is 5.02 Å². The van der Waals surface area contributed by atoms with E-state index in [2.05, 4.69) is 4.98 Å². The summed E-state index contributed by atoms with van der Waals surface area (Å²) in [6, 6.07) is 11.2. The van der Waals surface area contributed by atoms with Gasteiger partial charge in [0.1, 0.15) is 0 Å². The van der Waals surface area contributed by atoms with Gasteiger partial charge in [-0.3, -0.25) is 4.98 Å². The number of nitrogens with zero attached hydrogens (tertiary/aromatic N) is 1. The molecule has 0 spiro atoms. The third-order valence-electron chi connectivity index (χ3n) is 2.44. The van der Waals surface area contributed by atoms with E-state index in [9.17, 15) is 5.11 Å². The summed E-state index contributed by atoms with van der Waals surface area (Å²) in [6.45, 7) is 0. The normalized spacial score (nSPS) is 12.4. The summed E-state index contributed by atoms with van der Waals surface area (Å²) >= 11 is 6.03. The SMILES string of the molecule is OC(Cc1ccccc1Cl)c1cccnc1. The quantitative estimate of drug-likeness (QED) is 0.884. The number of pyridine rings is 1. The zero-order chi connectivity index (χ0) is 11.4. The van der Waals surface area contributed by atoms with Gasteiger partial charge in [-0.15, -0.1) is 0 Å². The van der Waals surface area contributed by atoms with Crippen molar-refractivity contribution in [3.05, 3.63) is 64.9 Å². The highest BCUT2D eigenvalue weighted by Crippen LogP contribution is 2.22. The lowest BCUT2D eigenvalue weighted by Gasteiger charge is -2.11. The number of benzene rings is 1. The van der Waals surface area contributed by atoms with Gasteiger partial charge < -0.3 is 5.11 Å².